The fraction of sp³-hybridized carbons (Fsp3) is 0.364. The lowest BCUT2D eigenvalue weighted by atomic mass is 9.96. The number of carbonyl (C=O) groups excluding carboxylic acids is 2. The molecule has 3 aromatic rings. The number of carboxylic acid groups (broad SMARTS) is 1. The Kier molecular flexibility index (Phi) is 10.1. The van der Waals surface area contributed by atoms with Crippen LogP contribution in [0.4, 0.5) is 4.79 Å². The van der Waals surface area contributed by atoms with Gasteiger partial charge in [0, 0.05) is 25.6 Å². The van der Waals surface area contributed by atoms with E-state index in [1.807, 2.05) is 80.4 Å². The number of carboxylic acids is 1. The topological polar surface area (TPSA) is 108 Å². The number of nitrogens with one attached hydrogen (secondary N) is 2. The highest BCUT2D eigenvalue weighted by atomic mass is 16.5. The Balaban J connectivity index is 1.32. The molecule has 2 atom stereocenters. The van der Waals surface area contributed by atoms with Crippen LogP contribution in [0.15, 0.2) is 78.9 Å². The number of aliphatic carboxylic acids is 1. The van der Waals surface area contributed by atoms with E-state index in [2.05, 4.69) is 34.9 Å². The van der Waals surface area contributed by atoms with E-state index in [0.717, 1.165) is 27.8 Å². The predicted octanol–water partition coefficient (Wildman–Crippen LogP) is 4.89. The molecule has 2 amide bonds. The first-order valence-electron chi connectivity index (χ1n) is 14.1. The van der Waals surface area contributed by atoms with Crippen molar-refractivity contribution in [1.29, 1.82) is 0 Å². The molecule has 0 aliphatic heterocycles. The highest BCUT2D eigenvalue weighted by molar-refractivity contribution is 5.85. The van der Waals surface area contributed by atoms with Gasteiger partial charge in [0.25, 0.3) is 0 Å². The summed E-state index contributed by atoms with van der Waals surface area (Å²) in [4.78, 5) is 39.8. The summed E-state index contributed by atoms with van der Waals surface area (Å²) in [6.07, 6.45) is -0.118. The van der Waals surface area contributed by atoms with Gasteiger partial charge in [-0.05, 0) is 47.2 Å². The van der Waals surface area contributed by atoms with Crippen LogP contribution in [-0.4, -0.2) is 60.8 Å². The van der Waals surface area contributed by atoms with E-state index in [1.165, 1.54) is 0 Å². The molecule has 8 nitrogen and oxygen atoms in total. The highest BCUT2D eigenvalue weighted by Crippen LogP contribution is 2.44. The summed E-state index contributed by atoms with van der Waals surface area (Å²) in [6.45, 7) is 4.89. The SMILES string of the molecule is CC(C)CC(CNC(=O)OCC1c2ccccc2-c2ccccc21)C(=O)NC(CN(C)Cc1ccccc1)C(=O)O. The number of nitrogens with zero attached hydrogens (tertiary/aromatic N) is 1. The fourth-order valence-electron chi connectivity index (χ4n) is 5.45. The predicted molar refractivity (Wildman–Crippen MR) is 158 cm³/mol. The van der Waals surface area contributed by atoms with E-state index >= 15 is 0 Å². The van der Waals surface area contributed by atoms with Gasteiger partial charge in [0.2, 0.25) is 5.91 Å². The van der Waals surface area contributed by atoms with Gasteiger partial charge >= 0.3 is 12.1 Å². The van der Waals surface area contributed by atoms with Crippen LogP contribution in [0.1, 0.15) is 42.9 Å². The van der Waals surface area contributed by atoms with Crippen LogP contribution in [-0.2, 0) is 20.9 Å². The Hall–Kier alpha value is -4.17. The van der Waals surface area contributed by atoms with Gasteiger partial charge in [-0.3, -0.25) is 9.69 Å². The van der Waals surface area contributed by atoms with E-state index in [9.17, 15) is 19.5 Å². The molecule has 1 aliphatic carbocycles. The zero-order valence-electron chi connectivity index (χ0n) is 23.9. The van der Waals surface area contributed by atoms with E-state index in [4.69, 9.17) is 4.74 Å². The Morgan fingerprint density at radius 1 is 0.902 bits per heavy atom. The summed E-state index contributed by atoms with van der Waals surface area (Å²) in [6, 6.07) is 24.9. The first-order chi connectivity index (χ1) is 19.7. The molecular weight excluding hydrogens is 518 g/mol. The minimum absolute atomic E-state index is 0.0485. The quantitative estimate of drug-likeness (QED) is 0.276. The maximum absolute atomic E-state index is 13.2. The summed E-state index contributed by atoms with van der Waals surface area (Å²) in [5.74, 6) is -2.01. The summed E-state index contributed by atoms with van der Waals surface area (Å²) in [5.41, 5.74) is 5.59. The van der Waals surface area contributed by atoms with Crippen LogP contribution < -0.4 is 10.6 Å². The summed E-state index contributed by atoms with van der Waals surface area (Å²) >= 11 is 0. The average molecular weight is 558 g/mol. The molecule has 0 heterocycles. The molecule has 0 saturated carbocycles. The third kappa shape index (κ3) is 7.95. The van der Waals surface area contributed by atoms with Gasteiger partial charge in [0.1, 0.15) is 12.6 Å². The summed E-state index contributed by atoms with van der Waals surface area (Å²) in [7, 11) is 1.82. The fourth-order valence-corrected chi connectivity index (χ4v) is 5.45. The lowest BCUT2D eigenvalue weighted by molar-refractivity contribution is -0.143. The Labute approximate surface area is 241 Å². The Bertz CT molecular complexity index is 1300. The lowest BCUT2D eigenvalue weighted by Gasteiger charge is -2.25. The van der Waals surface area contributed by atoms with Gasteiger partial charge in [0.15, 0.2) is 0 Å². The van der Waals surface area contributed by atoms with Crippen LogP contribution in [0.25, 0.3) is 11.1 Å². The molecule has 216 valence electrons. The zero-order chi connectivity index (χ0) is 29.4. The molecule has 0 bridgehead atoms. The van der Waals surface area contributed by atoms with Gasteiger partial charge < -0.3 is 20.5 Å². The van der Waals surface area contributed by atoms with Crippen LogP contribution in [0.2, 0.25) is 0 Å². The number of ether oxygens (including phenoxy) is 1. The number of hydrogen-bond acceptors (Lipinski definition) is 5. The van der Waals surface area contributed by atoms with Crippen molar-refractivity contribution in [2.45, 2.75) is 38.8 Å². The molecule has 0 aromatic heterocycles. The molecule has 3 N–H and O–H groups in total. The van der Waals surface area contributed by atoms with Crippen LogP contribution in [0, 0.1) is 11.8 Å². The number of benzene rings is 3. The first-order valence-corrected chi connectivity index (χ1v) is 14.1. The number of rotatable bonds is 13. The van der Waals surface area contributed by atoms with Crippen molar-refractivity contribution in [1.82, 2.24) is 15.5 Å². The number of carbonyl (C=O) groups is 3. The normalized spacial score (nSPS) is 13.8. The Morgan fingerprint density at radius 2 is 1.49 bits per heavy atom. The number of amides is 2. The summed E-state index contributed by atoms with van der Waals surface area (Å²) < 4.78 is 5.62. The van der Waals surface area contributed by atoms with Gasteiger partial charge in [-0.1, -0.05) is 92.7 Å². The molecule has 0 radical (unpaired) electrons. The molecule has 0 saturated heterocycles. The van der Waals surface area contributed by atoms with Gasteiger partial charge in [-0.2, -0.15) is 0 Å². The second-order valence-corrected chi connectivity index (χ2v) is 11.1. The van der Waals surface area contributed by atoms with Crippen molar-refractivity contribution in [3.05, 3.63) is 95.6 Å². The first kappa shape index (κ1) is 29.8. The molecule has 0 fully saturated rings. The molecule has 2 unspecified atom stereocenters. The lowest BCUT2D eigenvalue weighted by Crippen LogP contribution is -2.51. The molecule has 8 heteroatoms. The molecule has 4 rings (SSSR count). The number of fused-ring (bicyclic) bond motifs is 3. The molecule has 1 aliphatic rings. The minimum Gasteiger partial charge on any atom is -0.480 e. The largest absolute Gasteiger partial charge is 0.480 e. The second kappa shape index (κ2) is 13.9. The number of likely N-dealkylation sites (N-methyl/N-ethyl adjacent to an activating group) is 1. The van der Waals surface area contributed by atoms with Crippen molar-refractivity contribution in [2.75, 3.05) is 26.7 Å². The van der Waals surface area contributed by atoms with Crippen LogP contribution >= 0.6 is 0 Å². The van der Waals surface area contributed by atoms with Crippen molar-refractivity contribution in [2.24, 2.45) is 11.8 Å². The van der Waals surface area contributed by atoms with Crippen molar-refractivity contribution >= 4 is 18.0 Å². The average Bonchev–Trinajstić information content (AvgIpc) is 3.27. The molecule has 3 aromatic carbocycles. The minimum atomic E-state index is -1.11. The number of hydrogen-bond donors (Lipinski definition) is 3. The standard InChI is InChI=1S/C33H39N3O5/c1-22(2)17-24(31(37)35-30(32(38)39)20-36(3)19-23-11-5-4-6-12-23)18-34-33(40)41-21-29-27-15-9-7-13-25(27)26-14-8-10-16-28(26)29/h4-16,22,24,29-30H,17-21H2,1-3H3,(H,34,40)(H,35,37)(H,38,39). The van der Waals surface area contributed by atoms with E-state index in [0.29, 0.717) is 13.0 Å². The van der Waals surface area contributed by atoms with Crippen molar-refractivity contribution < 1.29 is 24.2 Å². The van der Waals surface area contributed by atoms with Crippen LogP contribution in [0.3, 0.4) is 0 Å². The third-order valence-electron chi connectivity index (χ3n) is 7.37. The van der Waals surface area contributed by atoms with Crippen molar-refractivity contribution in [3.8, 4) is 11.1 Å². The Morgan fingerprint density at radius 3 is 2.07 bits per heavy atom. The highest BCUT2D eigenvalue weighted by Gasteiger charge is 2.30. The van der Waals surface area contributed by atoms with E-state index in [1.54, 1.807) is 0 Å². The molecule has 0 spiro atoms. The van der Waals surface area contributed by atoms with Gasteiger partial charge in [-0.15, -0.1) is 0 Å². The van der Waals surface area contributed by atoms with Crippen molar-refractivity contribution in [3.63, 3.8) is 0 Å². The smallest absolute Gasteiger partial charge is 0.407 e. The molecule has 41 heavy (non-hydrogen) atoms. The number of alkyl carbamates (subject to hydrolysis) is 1. The molecular formula is C33H39N3O5. The van der Waals surface area contributed by atoms with Gasteiger partial charge in [0.05, 0.1) is 5.92 Å². The van der Waals surface area contributed by atoms with E-state index < -0.39 is 29.9 Å². The maximum atomic E-state index is 13.2. The summed E-state index contributed by atoms with van der Waals surface area (Å²) in [5, 5.41) is 15.2. The van der Waals surface area contributed by atoms with E-state index in [-0.39, 0.29) is 31.5 Å². The van der Waals surface area contributed by atoms with Crippen LogP contribution in [0.5, 0.6) is 0 Å². The van der Waals surface area contributed by atoms with Gasteiger partial charge in [-0.25, -0.2) is 9.59 Å². The monoisotopic (exact) mass is 557 g/mol. The zero-order valence-corrected chi connectivity index (χ0v) is 23.9. The maximum Gasteiger partial charge on any atom is 0.407 e. The second-order valence-electron chi connectivity index (χ2n) is 11.1. The third-order valence-corrected chi connectivity index (χ3v) is 7.37.